The summed E-state index contributed by atoms with van der Waals surface area (Å²) < 4.78 is 92.6. The van der Waals surface area contributed by atoms with Crippen LogP contribution in [-0.2, 0) is 70.3 Å². The van der Waals surface area contributed by atoms with Crippen molar-refractivity contribution < 1.29 is 177 Å². The van der Waals surface area contributed by atoms with Crippen LogP contribution in [0, 0.1) is 0 Å². The molecule has 0 saturated carbocycles. The molecule has 6 fully saturated rings. The third-order valence-corrected chi connectivity index (χ3v) is 13.9. The van der Waals surface area contributed by atoms with Gasteiger partial charge in [0.25, 0.3) is 0 Å². The van der Waals surface area contributed by atoms with E-state index < -0.39 is 239 Å². The van der Waals surface area contributed by atoms with Crippen molar-refractivity contribution in [3.8, 4) is 0 Å². The Hall–Kier alpha value is -0.940. The Labute approximate surface area is 421 Å². The number of ether oxygens (including phenoxy) is 11. The van der Waals surface area contributed by atoms with Crippen LogP contribution in [0.3, 0.4) is 0 Å². The van der Waals surface area contributed by atoms with Crippen molar-refractivity contribution in [3.63, 3.8) is 0 Å². The van der Waals surface area contributed by atoms with Gasteiger partial charge in [-0.25, -0.2) is 9.13 Å². The summed E-state index contributed by atoms with van der Waals surface area (Å²) in [5.41, 5.74) is 5.76. The van der Waals surface area contributed by atoms with Gasteiger partial charge in [-0.05, 0) is 0 Å². The molecule has 75 heavy (non-hydrogen) atoms. The Kier molecular flexibility index (Phi) is 22.2. The molecular weight excluding hydrogens is 1080 g/mol. The van der Waals surface area contributed by atoms with Gasteiger partial charge in [-0.2, -0.15) is 0 Å². The van der Waals surface area contributed by atoms with E-state index in [-0.39, 0.29) is 0 Å². The molecule has 440 valence electrons. The van der Waals surface area contributed by atoms with Crippen molar-refractivity contribution >= 4 is 15.6 Å². The van der Waals surface area contributed by atoms with Gasteiger partial charge in [-0.1, -0.05) is 0 Å². The number of nitrogens with two attached hydrogens (primary N) is 1. The summed E-state index contributed by atoms with van der Waals surface area (Å²) in [5.74, 6) is 0. The van der Waals surface area contributed by atoms with Gasteiger partial charge in [0.2, 0.25) is 0 Å². The second kappa shape index (κ2) is 26.3. The summed E-state index contributed by atoms with van der Waals surface area (Å²) in [7, 11) is -10.5. The summed E-state index contributed by atoms with van der Waals surface area (Å²) >= 11 is 0. The average Bonchev–Trinajstić information content (AvgIpc) is 3.66. The number of rotatable bonds is 21. The number of hydrogen-bond acceptors (Lipinski definition) is 33. The van der Waals surface area contributed by atoms with Crippen LogP contribution in [0.1, 0.15) is 0 Å². The minimum Gasteiger partial charge on any atom is -0.394 e. The first-order chi connectivity index (χ1) is 35.0. The summed E-state index contributed by atoms with van der Waals surface area (Å²) in [6.07, 6.45) is -58.9. The predicted octanol–water partition coefficient (Wildman–Crippen LogP) is -13.9. The zero-order chi connectivity index (χ0) is 55.8. The summed E-state index contributed by atoms with van der Waals surface area (Å²) in [6, 6.07) is -1.54. The number of phosphoric ester groups is 2. The molecule has 37 nitrogen and oxygen atoms in total. The molecule has 0 spiro atoms. The highest BCUT2D eigenvalue weighted by atomic mass is 31.2. The molecule has 0 aromatic carbocycles. The van der Waals surface area contributed by atoms with Crippen LogP contribution in [0.15, 0.2) is 0 Å². The molecular formula is C36H65NO36P2. The SMILES string of the molecule is N[C@@H]1[C@@H](O)[C@H](O[C@H]2O[C@H](CO)[C@@H](O)[C@H](O[C@H]3O[C@H](COP(=O)(O)O)[C@@H](O)[C@H](O[C@@H]4O[C@@H]([C@H](O)CO)[C@H](O[C@H]5O[C@H](CO[C@H]6O[C@H](COP(=O)(O)O)[C@H](O)[C@H](O)[C@H]6O)[C@H](O)[C@H](O)[C@H]5O)[C@H]4O)[C@@H]3O)[C@@H]2O)[C@@H](CO)O[C@@H]1O. The lowest BCUT2D eigenvalue weighted by Gasteiger charge is -2.48. The highest BCUT2D eigenvalue weighted by molar-refractivity contribution is 7.46. The van der Waals surface area contributed by atoms with E-state index in [1.165, 1.54) is 0 Å². The van der Waals surface area contributed by atoms with Crippen molar-refractivity contribution in [3.05, 3.63) is 0 Å². The van der Waals surface area contributed by atoms with E-state index in [0.717, 1.165) is 0 Å². The molecule has 6 rings (SSSR count). The number of phosphoric acid groups is 2. The maximum absolute atomic E-state index is 11.7. The first kappa shape index (κ1) is 63.2. The lowest BCUT2D eigenvalue weighted by Crippen LogP contribution is -2.67. The second-order valence-electron chi connectivity index (χ2n) is 18.1. The molecule has 30 atom stereocenters. The Morgan fingerprint density at radius 2 is 0.800 bits per heavy atom. The molecule has 0 aliphatic carbocycles. The van der Waals surface area contributed by atoms with Crippen LogP contribution in [-0.4, -0.2) is 330 Å². The van der Waals surface area contributed by atoms with E-state index in [9.17, 15) is 106 Å². The van der Waals surface area contributed by atoms with Gasteiger partial charge in [0, 0.05) is 0 Å². The molecule has 6 heterocycles. The Balaban J connectivity index is 1.19. The van der Waals surface area contributed by atoms with E-state index in [2.05, 4.69) is 9.05 Å². The van der Waals surface area contributed by atoms with Crippen LogP contribution in [0.5, 0.6) is 0 Å². The smallest absolute Gasteiger partial charge is 0.394 e. The molecule has 0 unspecified atom stereocenters. The fourth-order valence-corrected chi connectivity index (χ4v) is 9.45. The number of hydrogen-bond donors (Lipinski definition) is 22. The minimum absolute atomic E-state index is 0.896. The fraction of sp³-hybridized carbons (Fsp3) is 1.00. The lowest BCUT2D eigenvalue weighted by atomic mass is 9.95. The highest BCUT2D eigenvalue weighted by Crippen LogP contribution is 2.41. The first-order valence-corrected chi connectivity index (χ1v) is 25.8. The van der Waals surface area contributed by atoms with Gasteiger partial charge in [-0.3, -0.25) is 9.05 Å². The van der Waals surface area contributed by atoms with E-state index in [0.29, 0.717) is 0 Å². The average molecular weight is 1150 g/mol. The van der Waals surface area contributed by atoms with Crippen LogP contribution in [0.4, 0.5) is 0 Å². The third-order valence-electron chi connectivity index (χ3n) is 12.9. The molecule has 6 aliphatic heterocycles. The molecule has 0 radical (unpaired) electrons. The molecule has 0 amide bonds. The van der Waals surface area contributed by atoms with Gasteiger partial charge in [-0.15, -0.1) is 0 Å². The maximum atomic E-state index is 11.7. The Morgan fingerprint density at radius 1 is 0.413 bits per heavy atom. The number of aliphatic hydroxyl groups excluding tert-OH is 17. The van der Waals surface area contributed by atoms with E-state index in [1.54, 1.807) is 0 Å². The van der Waals surface area contributed by atoms with Gasteiger partial charge in [0.15, 0.2) is 37.7 Å². The van der Waals surface area contributed by atoms with E-state index in [4.69, 9.17) is 67.6 Å². The number of aliphatic hydroxyl groups is 17. The Bertz CT molecular complexity index is 1880. The minimum atomic E-state index is -5.38. The Morgan fingerprint density at radius 3 is 1.29 bits per heavy atom. The zero-order valence-electron chi connectivity index (χ0n) is 38.6. The molecule has 39 heteroatoms. The van der Waals surface area contributed by atoms with Crippen molar-refractivity contribution in [2.75, 3.05) is 39.6 Å². The van der Waals surface area contributed by atoms with Gasteiger partial charge < -0.3 is 164 Å². The predicted molar refractivity (Wildman–Crippen MR) is 223 cm³/mol. The molecule has 0 aromatic rings. The quantitative estimate of drug-likeness (QED) is 0.0475. The normalized spacial score (nSPS) is 48.7. The summed E-state index contributed by atoms with van der Waals surface area (Å²) in [4.78, 5) is 37.0. The van der Waals surface area contributed by atoms with Crippen molar-refractivity contribution in [1.82, 2.24) is 0 Å². The summed E-state index contributed by atoms with van der Waals surface area (Å²) in [6.45, 7) is -6.29. The van der Waals surface area contributed by atoms with Crippen LogP contribution in [0.25, 0.3) is 0 Å². The fourth-order valence-electron chi connectivity index (χ4n) is 8.76. The standard InChI is InChI=1S/C36H65NO36P2/c37-13-18(46)27(9(3-40)64-31(13)54)70-34-23(51)28(16(44)8(2-39)65-34)71-35-24(52)29(17(45)12(68-35)6-63-75(58,59)60)72-36-25(53)30(26(69-36)7(41)1-38)73-33-22(50)20(48)14(42)10(67-33)4-61-32-21(49)19(47)15(43)11(66-32)5-62-74(55,56)57/h7-36,38-54H,1-6,37H2,(H2,55,56,57)(H2,58,59,60)/t7-,8-,9-,10-,11-,12-,13-,14+,15+,16-,17-,18-,19+,20+,21-,22-,23+,24+,25-,26+,27-,28+,29+,30-,31+,32+,33-,34-,35-,36+/m1/s1. The second-order valence-corrected chi connectivity index (χ2v) is 20.6. The van der Waals surface area contributed by atoms with Crippen molar-refractivity contribution in [2.24, 2.45) is 5.73 Å². The van der Waals surface area contributed by atoms with Crippen LogP contribution in [0.2, 0.25) is 0 Å². The van der Waals surface area contributed by atoms with Crippen LogP contribution >= 0.6 is 15.6 Å². The maximum Gasteiger partial charge on any atom is 0.469 e. The van der Waals surface area contributed by atoms with Crippen molar-refractivity contribution in [1.29, 1.82) is 0 Å². The van der Waals surface area contributed by atoms with Gasteiger partial charge in [0.05, 0.1) is 45.7 Å². The molecule has 6 saturated heterocycles. The van der Waals surface area contributed by atoms with Gasteiger partial charge in [0.1, 0.15) is 140 Å². The highest BCUT2D eigenvalue weighted by Gasteiger charge is 2.58. The molecule has 23 N–H and O–H groups in total. The third kappa shape index (κ3) is 14.8. The topological polar surface area (TPSA) is 605 Å². The molecule has 0 aromatic heterocycles. The van der Waals surface area contributed by atoms with Crippen molar-refractivity contribution in [2.45, 2.75) is 184 Å². The van der Waals surface area contributed by atoms with E-state index >= 15 is 0 Å². The first-order valence-electron chi connectivity index (χ1n) is 22.7. The largest absolute Gasteiger partial charge is 0.469 e. The molecule has 6 aliphatic rings. The molecule has 0 bridgehead atoms. The summed E-state index contributed by atoms with van der Waals surface area (Å²) in [5, 5.41) is 182. The lowest BCUT2D eigenvalue weighted by molar-refractivity contribution is -0.380. The zero-order valence-corrected chi connectivity index (χ0v) is 40.3. The monoisotopic (exact) mass is 1150 g/mol. The van der Waals surface area contributed by atoms with E-state index in [1.807, 2.05) is 0 Å². The van der Waals surface area contributed by atoms with Gasteiger partial charge >= 0.3 is 15.6 Å². The van der Waals surface area contributed by atoms with Crippen LogP contribution < -0.4 is 5.73 Å².